The molecule has 0 aliphatic heterocycles. The van der Waals surface area contributed by atoms with Gasteiger partial charge in [-0.25, -0.2) is 0 Å². The number of carbonyl (C=O) groups is 1. The van der Waals surface area contributed by atoms with Gasteiger partial charge in [-0.15, -0.1) is 0 Å². The molecule has 1 N–H and O–H groups in total. The molecule has 1 unspecified atom stereocenters. The van der Waals surface area contributed by atoms with E-state index in [4.69, 9.17) is 0 Å². The molecule has 2 aromatic rings. The molecule has 1 atom stereocenters. The molecule has 0 saturated carbocycles. The van der Waals surface area contributed by atoms with Gasteiger partial charge in [-0.1, -0.05) is 0 Å². The molecule has 106 valence electrons. The molecule has 0 aliphatic carbocycles. The van der Waals surface area contributed by atoms with Crippen molar-refractivity contribution in [2.24, 2.45) is 0 Å². The van der Waals surface area contributed by atoms with Crippen LogP contribution in [0.15, 0.2) is 35.2 Å². The van der Waals surface area contributed by atoms with Crippen molar-refractivity contribution < 1.29 is 4.79 Å². The van der Waals surface area contributed by atoms with Crippen molar-refractivity contribution in [1.82, 2.24) is 15.2 Å². The summed E-state index contributed by atoms with van der Waals surface area (Å²) in [5.74, 6) is -0.0837. The van der Waals surface area contributed by atoms with Crippen molar-refractivity contribution >= 4 is 17.2 Å². The summed E-state index contributed by atoms with van der Waals surface area (Å²) in [6.45, 7) is 2.48. The Morgan fingerprint density at radius 2 is 2.20 bits per heavy atom. The van der Waals surface area contributed by atoms with Gasteiger partial charge in [-0.05, 0) is 55.5 Å². The number of hydrogen-bond donors (Lipinski definition) is 1. The highest BCUT2D eigenvalue weighted by atomic mass is 32.1. The summed E-state index contributed by atoms with van der Waals surface area (Å²) < 4.78 is 0. The van der Waals surface area contributed by atoms with Crippen LogP contribution in [0.2, 0.25) is 0 Å². The van der Waals surface area contributed by atoms with E-state index >= 15 is 0 Å². The van der Waals surface area contributed by atoms with Crippen molar-refractivity contribution in [1.29, 1.82) is 0 Å². The van der Waals surface area contributed by atoms with Gasteiger partial charge in [-0.2, -0.15) is 11.3 Å². The number of nitrogens with one attached hydrogen (secondary N) is 1. The van der Waals surface area contributed by atoms with Crippen molar-refractivity contribution in [2.75, 3.05) is 20.6 Å². The molecule has 0 bridgehead atoms. The van der Waals surface area contributed by atoms with Crippen LogP contribution in [0.4, 0.5) is 0 Å². The second kappa shape index (κ2) is 6.63. The summed E-state index contributed by atoms with van der Waals surface area (Å²) in [7, 11) is 4.03. The predicted octanol–water partition coefficient (Wildman–Crippen LogP) is 2.48. The standard InChI is InChI=1S/C15H19N3OS/c1-11-4-5-12(8-16-11)15(19)17-9-14(18(2)3)13-6-7-20-10-13/h4-8,10,14H,9H2,1-3H3,(H,17,19). The summed E-state index contributed by atoms with van der Waals surface area (Å²) in [4.78, 5) is 18.3. The zero-order chi connectivity index (χ0) is 14.5. The first kappa shape index (κ1) is 14.7. The Balaban J connectivity index is 1.99. The number of carbonyl (C=O) groups excluding carboxylic acids is 1. The van der Waals surface area contributed by atoms with E-state index in [1.54, 1.807) is 23.6 Å². The number of nitrogens with zero attached hydrogens (tertiary/aromatic N) is 2. The smallest absolute Gasteiger partial charge is 0.252 e. The zero-order valence-electron chi connectivity index (χ0n) is 12.0. The molecular formula is C15H19N3OS. The number of aryl methyl sites for hydroxylation is 1. The van der Waals surface area contributed by atoms with Gasteiger partial charge in [0.2, 0.25) is 0 Å². The fourth-order valence-corrected chi connectivity index (χ4v) is 2.66. The first-order valence-corrected chi connectivity index (χ1v) is 7.41. The summed E-state index contributed by atoms with van der Waals surface area (Å²) in [6.07, 6.45) is 1.61. The van der Waals surface area contributed by atoms with E-state index in [-0.39, 0.29) is 11.9 Å². The number of hydrogen-bond acceptors (Lipinski definition) is 4. The Hall–Kier alpha value is -1.72. The molecule has 0 radical (unpaired) electrons. The fraction of sp³-hybridized carbons (Fsp3) is 0.333. The van der Waals surface area contributed by atoms with Gasteiger partial charge >= 0.3 is 0 Å². The quantitative estimate of drug-likeness (QED) is 0.920. The minimum atomic E-state index is -0.0837. The van der Waals surface area contributed by atoms with Crippen LogP contribution in [-0.4, -0.2) is 36.4 Å². The van der Waals surface area contributed by atoms with Crippen molar-refractivity contribution in [3.8, 4) is 0 Å². The lowest BCUT2D eigenvalue weighted by Crippen LogP contribution is -2.34. The van der Waals surface area contributed by atoms with Gasteiger partial charge in [0.15, 0.2) is 0 Å². The third-order valence-electron chi connectivity index (χ3n) is 3.18. The maximum absolute atomic E-state index is 12.1. The van der Waals surface area contributed by atoms with Crippen LogP contribution in [0.25, 0.3) is 0 Å². The molecule has 0 saturated heterocycles. The summed E-state index contributed by atoms with van der Waals surface area (Å²) in [6, 6.07) is 5.92. The predicted molar refractivity (Wildman–Crippen MR) is 82.1 cm³/mol. The Morgan fingerprint density at radius 3 is 2.75 bits per heavy atom. The van der Waals surface area contributed by atoms with E-state index in [1.807, 2.05) is 27.1 Å². The Morgan fingerprint density at radius 1 is 1.40 bits per heavy atom. The maximum Gasteiger partial charge on any atom is 0.252 e. The zero-order valence-corrected chi connectivity index (χ0v) is 12.8. The van der Waals surface area contributed by atoms with Crippen LogP contribution < -0.4 is 5.32 Å². The molecule has 0 fully saturated rings. The van der Waals surface area contributed by atoms with Crippen molar-refractivity contribution in [3.05, 3.63) is 52.0 Å². The SMILES string of the molecule is Cc1ccc(C(=O)NCC(c2ccsc2)N(C)C)cn1. The minimum Gasteiger partial charge on any atom is -0.350 e. The molecule has 0 aromatic carbocycles. The van der Waals surface area contributed by atoms with Gasteiger partial charge < -0.3 is 10.2 Å². The highest BCUT2D eigenvalue weighted by Gasteiger charge is 2.16. The summed E-state index contributed by atoms with van der Waals surface area (Å²) in [5, 5.41) is 7.14. The molecule has 1 amide bonds. The highest BCUT2D eigenvalue weighted by Crippen LogP contribution is 2.20. The largest absolute Gasteiger partial charge is 0.350 e. The van der Waals surface area contributed by atoms with Crippen LogP contribution in [-0.2, 0) is 0 Å². The van der Waals surface area contributed by atoms with Crippen molar-refractivity contribution in [2.45, 2.75) is 13.0 Å². The molecule has 4 nitrogen and oxygen atoms in total. The maximum atomic E-state index is 12.1. The van der Waals surface area contributed by atoms with E-state index in [2.05, 4.69) is 32.0 Å². The van der Waals surface area contributed by atoms with Crippen LogP contribution in [0.3, 0.4) is 0 Å². The molecule has 5 heteroatoms. The molecule has 20 heavy (non-hydrogen) atoms. The molecule has 2 rings (SSSR count). The lowest BCUT2D eigenvalue weighted by Gasteiger charge is -2.24. The Bertz CT molecular complexity index is 549. The van der Waals surface area contributed by atoms with Crippen LogP contribution in [0, 0.1) is 6.92 Å². The Labute approximate surface area is 123 Å². The second-order valence-electron chi connectivity index (χ2n) is 4.93. The summed E-state index contributed by atoms with van der Waals surface area (Å²) in [5.41, 5.74) is 2.73. The lowest BCUT2D eigenvalue weighted by atomic mass is 10.1. The van der Waals surface area contributed by atoms with Gasteiger partial charge in [0.25, 0.3) is 5.91 Å². The average molecular weight is 289 g/mol. The Kier molecular flexibility index (Phi) is 4.87. The third-order valence-corrected chi connectivity index (χ3v) is 3.88. The molecule has 2 heterocycles. The van der Waals surface area contributed by atoms with E-state index in [0.29, 0.717) is 12.1 Å². The van der Waals surface area contributed by atoms with E-state index in [9.17, 15) is 4.79 Å². The lowest BCUT2D eigenvalue weighted by molar-refractivity contribution is 0.0941. The minimum absolute atomic E-state index is 0.0837. The van der Waals surface area contributed by atoms with Gasteiger partial charge in [0.05, 0.1) is 11.6 Å². The van der Waals surface area contributed by atoms with Gasteiger partial charge in [0, 0.05) is 18.4 Å². The second-order valence-corrected chi connectivity index (χ2v) is 5.71. The number of amides is 1. The monoisotopic (exact) mass is 289 g/mol. The number of likely N-dealkylation sites (N-methyl/N-ethyl adjacent to an activating group) is 1. The first-order valence-electron chi connectivity index (χ1n) is 6.47. The number of rotatable bonds is 5. The van der Waals surface area contributed by atoms with Gasteiger partial charge in [-0.3, -0.25) is 9.78 Å². The molecule has 0 spiro atoms. The molecule has 2 aromatic heterocycles. The van der Waals surface area contributed by atoms with E-state index in [1.165, 1.54) is 5.56 Å². The van der Waals surface area contributed by atoms with E-state index < -0.39 is 0 Å². The highest BCUT2D eigenvalue weighted by molar-refractivity contribution is 7.07. The topological polar surface area (TPSA) is 45.2 Å². The third kappa shape index (κ3) is 3.65. The number of pyridine rings is 1. The molecular weight excluding hydrogens is 270 g/mol. The van der Waals surface area contributed by atoms with E-state index in [0.717, 1.165) is 5.69 Å². The number of thiophene rings is 1. The fourth-order valence-electron chi connectivity index (χ4n) is 1.96. The average Bonchev–Trinajstić information content (AvgIpc) is 2.93. The summed E-state index contributed by atoms with van der Waals surface area (Å²) >= 11 is 1.67. The molecule has 0 aliphatic rings. The van der Waals surface area contributed by atoms with Crippen LogP contribution in [0.1, 0.15) is 27.7 Å². The van der Waals surface area contributed by atoms with Crippen LogP contribution >= 0.6 is 11.3 Å². The number of aromatic nitrogens is 1. The van der Waals surface area contributed by atoms with Gasteiger partial charge in [0.1, 0.15) is 0 Å². The van der Waals surface area contributed by atoms with Crippen LogP contribution in [0.5, 0.6) is 0 Å². The normalized spacial score (nSPS) is 12.4. The van der Waals surface area contributed by atoms with Crippen molar-refractivity contribution in [3.63, 3.8) is 0 Å². The first-order chi connectivity index (χ1) is 9.58.